The fourth-order valence-electron chi connectivity index (χ4n) is 3.59. The molecule has 1 saturated heterocycles. The van der Waals surface area contributed by atoms with Crippen LogP contribution in [0.25, 0.3) is 0 Å². The largest absolute Gasteiger partial charge is 0.491 e. The van der Waals surface area contributed by atoms with Crippen molar-refractivity contribution in [1.82, 2.24) is 10.2 Å². The van der Waals surface area contributed by atoms with Crippen molar-refractivity contribution < 1.29 is 14.3 Å². The van der Waals surface area contributed by atoms with Gasteiger partial charge in [-0.25, -0.2) is 0 Å². The molecule has 0 radical (unpaired) electrons. The summed E-state index contributed by atoms with van der Waals surface area (Å²) in [5, 5.41) is 2.73. The number of amides is 1. The highest BCUT2D eigenvalue weighted by molar-refractivity contribution is 5.79. The standard InChI is InChI=1S/C24H32N2O3/c1-16(2)29-22-9-6-19(7-10-22)15-28-23-11-8-20(17(3)18(23)4)12-26-13-21(14-26)24(27)25-5/h6-11,16,21H,12-15H2,1-5H3,(H,25,27). The second-order valence-corrected chi connectivity index (χ2v) is 8.08. The van der Waals surface area contributed by atoms with Gasteiger partial charge in [0.25, 0.3) is 0 Å². The Balaban J connectivity index is 1.56. The van der Waals surface area contributed by atoms with Crippen LogP contribution >= 0.6 is 0 Å². The second kappa shape index (κ2) is 9.31. The van der Waals surface area contributed by atoms with Gasteiger partial charge in [0.05, 0.1) is 12.0 Å². The zero-order chi connectivity index (χ0) is 21.0. The van der Waals surface area contributed by atoms with Gasteiger partial charge in [-0.1, -0.05) is 18.2 Å². The molecular weight excluding hydrogens is 364 g/mol. The van der Waals surface area contributed by atoms with Crippen molar-refractivity contribution in [2.24, 2.45) is 5.92 Å². The Labute approximate surface area is 174 Å². The Morgan fingerprint density at radius 2 is 1.79 bits per heavy atom. The molecule has 0 bridgehead atoms. The summed E-state index contributed by atoms with van der Waals surface area (Å²) in [6, 6.07) is 12.3. The topological polar surface area (TPSA) is 50.8 Å². The molecule has 1 heterocycles. The van der Waals surface area contributed by atoms with E-state index in [9.17, 15) is 4.79 Å². The van der Waals surface area contributed by atoms with E-state index in [0.717, 1.165) is 36.7 Å². The first-order chi connectivity index (χ1) is 13.9. The third kappa shape index (κ3) is 5.30. The average molecular weight is 397 g/mol. The fourth-order valence-corrected chi connectivity index (χ4v) is 3.59. The Morgan fingerprint density at radius 3 is 2.41 bits per heavy atom. The van der Waals surface area contributed by atoms with Crippen molar-refractivity contribution in [1.29, 1.82) is 0 Å². The van der Waals surface area contributed by atoms with Gasteiger partial charge in [-0.2, -0.15) is 0 Å². The lowest BCUT2D eigenvalue weighted by Gasteiger charge is -2.38. The molecule has 1 aliphatic rings. The molecule has 0 aromatic heterocycles. The molecule has 2 aromatic rings. The van der Waals surface area contributed by atoms with Crippen LogP contribution in [-0.2, 0) is 17.9 Å². The lowest BCUT2D eigenvalue weighted by atomic mass is 9.96. The number of carbonyl (C=O) groups is 1. The minimum Gasteiger partial charge on any atom is -0.491 e. The first-order valence-electron chi connectivity index (χ1n) is 10.3. The van der Waals surface area contributed by atoms with Crippen molar-refractivity contribution in [3.05, 3.63) is 58.7 Å². The van der Waals surface area contributed by atoms with Gasteiger partial charge in [0, 0.05) is 26.7 Å². The zero-order valence-corrected chi connectivity index (χ0v) is 18.1. The van der Waals surface area contributed by atoms with Crippen molar-refractivity contribution in [3.63, 3.8) is 0 Å². The number of carbonyl (C=O) groups excluding carboxylic acids is 1. The van der Waals surface area contributed by atoms with E-state index in [1.165, 1.54) is 16.7 Å². The third-order valence-electron chi connectivity index (χ3n) is 5.51. The van der Waals surface area contributed by atoms with Gasteiger partial charge in [-0.05, 0) is 68.1 Å². The lowest BCUT2D eigenvalue weighted by Crippen LogP contribution is -2.52. The molecule has 0 aliphatic carbocycles. The number of hydrogen-bond acceptors (Lipinski definition) is 4. The van der Waals surface area contributed by atoms with E-state index in [0.29, 0.717) is 6.61 Å². The molecule has 3 rings (SSSR count). The first kappa shape index (κ1) is 21.2. The molecule has 156 valence electrons. The minimum atomic E-state index is 0.126. The van der Waals surface area contributed by atoms with Crippen molar-refractivity contribution in [2.75, 3.05) is 20.1 Å². The molecule has 0 saturated carbocycles. The molecular formula is C24H32N2O3. The molecule has 1 N–H and O–H groups in total. The predicted molar refractivity (Wildman–Crippen MR) is 115 cm³/mol. The Morgan fingerprint density at radius 1 is 1.10 bits per heavy atom. The van der Waals surface area contributed by atoms with Crippen LogP contribution in [0.15, 0.2) is 36.4 Å². The number of hydrogen-bond donors (Lipinski definition) is 1. The molecule has 2 aromatic carbocycles. The number of rotatable bonds is 8. The van der Waals surface area contributed by atoms with Gasteiger partial charge in [-0.15, -0.1) is 0 Å². The molecule has 1 amide bonds. The van der Waals surface area contributed by atoms with Crippen LogP contribution in [0.1, 0.15) is 36.1 Å². The van der Waals surface area contributed by atoms with Crippen molar-refractivity contribution >= 4 is 5.91 Å². The van der Waals surface area contributed by atoms with E-state index in [1.807, 2.05) is 38.1 Å². The summed E-state index contributed by atoms with van der Waals surface area (Å²) in [5.74, 6) is 2.06. The summed E-state index contributed by atoms with van der Waals surface area (Å²) in [7, 11) is 1.70. The summed E-state index contributed by atoms with van der Waals surface area (Å²) in [5.41, 5.74) is 4.83. The lowest BCUT2D eigenvalue weighted by molar-refractivity contribution is -0.129. The van der Waals surface area contributed by atoms with Crippen LogP contribution in [0.2, 0.25) is 0 Å². The number of likely N-dealkylation sites (tertiary alicyclic amines) is 1. The number of nitrogens with zero attached hydrogens (tertiary/aromatic N) is 1. The molecule has 0 unspecified atom stereocenters. The molecule has 0 spiro atoms. The smallest absolute Gasteiger partial charge is 0.225 e. The van der Waals surface area contributed by atoms with Crippen LogP contribution in [0.3, 0.4) is 0 Å². The number of benzene rings is 2. The highest BCUT2D eigenvalue weighted by Crippen LogP contribution is 2.28. The molecule has 29 heavy (non-hydrogen) atoms. The number of nitrogens with one attached hydrogen (secondary N) is 1. The summed E-state index contributed by atoms with van der Waals surface area (Å²) >= 11 is 0. The third-order valence-corrected chi connectivity index (χ3v) is 5.51. The fraction of sp³-hybridized carbons (Fsp3) is 0.458. The zero-order valence-electron chi connectivity index (χ0n) is 18.1. The van der Waals surface area contributed by atoms with E-state index in [1.54, 1.807) is 7.05 Å². The summed E-state index contributed by atoms with van der Waals surface area (Å²) in [4.78, 5) is 14.0. The molecule has 5 heteroatoms. The van der Waals surface area contributed by atoms with Crippen LogP contribution < -0.4 is 14.8 Å². The van der Waals surface area contributed by atoms with E-state index in [-0.39, 0.29) is 17.9 Å². The van der Waals surface area contributed by atoms with Gasteiger partial charge < -0.3 is 14.8 Å². The predicted octanol–water partition coefficient (Wildman–Crippen LogP) is 3.85. The molecule has 1 aliphatic heterocycles. The van der Waals surface area contributed by atoms with Gasteiger partial charge in [0.15, 0.2) is 0 Å². The Bertz CT molecular complexity index is 840. The monoisotopic (exact) mass is 396 g/mol. The second-order valence-electron chi connectivity index (χ2n) is 8.08. The maximum absolute atomic E-state index is 11.7. The molecule has 1 fully saturated rings. The highest BCUT2D eigenvalue weighted by atomic mass is 16.5. The minimum absolute atomic E-state index is 0.126. The maximum atomic E-state index is 11.7. The van der Waals surface area contributed by atoms with Crippen molar-refractivity contribution in [2.45, 2.75) is 47.0 Å². The van der Waals surface area contributed by atoms with Gasteiger partial charge in [0.2, 0.25) is 5.91 Å². The number of ether oxygens (including phenoxy) is 2. The van der Waals surface area contributed by atoms with Gasteiger partial charge in [0.1, 0.15) is 18.1 Å². The highest BCUT2D eigenvalue weighted by Gasteiger charge is 2.32. The van der Waals surface area contributed by atoms with E-state index in [4.69, 9.17) is 9.47 Å². The van der Waals surface area contributed by atoms with E-state index in [2.05, 4.69) is 36.2 Å². The van der Waals surface area contributed by atoms with E-state index >= 15 is 0 Å². The SMILES string of the molecule is CNC(=O)C1CN(Cc2ccc(OCc3ccc(OC(C)C)cc3)c(C)c2C)C1. The summed E-state index contributed by atoms with van der Waals surface area (Å²) < 4.78 is 11.8. The van der Waals surface area contributed by atoms with Crippen LogP contribution in [-0.4, -0.2) is 37.0 Å². The maximum Gasteiger partial charge on any atom is 0.225 e. The van der Waals surface area contributed by atoms with Crippen LogP contribution in [0.4, 0.5) is 0 Å². The average Bonchev–Trinajstić information content (AvgIpc) is 2.67. The summed E-state index contributed by atoms with van der Waals surface area (Å²) in [6.07, 6.45) is 0.173. The normalized spacial score (nSPS) is 14.6. The molecule has 5 nitrogen and oxygen atoms in total. The van der Waals surface area contributed by atoms with Gasteiger partial charge in [-0.3, -0.25) is 9.69 Å². The van der Waals surface area contributed by atoms with Crippen LogP contribution in [0, 0.1) is 19.8 Å². The summed E-state index contributed by atoms with van der Waals surface area (Å²) in [6.45, 7) is 11.4. The van der Waals surface area contributed by atoms with E-state index < -0.39 is 0 Å². The van der Waals surface area contributed by atoms with Crippen molar-refractivity contribution in [3.8, 4) is 11.5 Å². The molecule has 0 atom stereocenters. The van der Waals surface area contributed by atoms with Gasteiger partial charge >= 0.3 is 0 Å². The quantitative estimate of drug-likeness (QED) is 0.736. The Kier molecular flexibility index (Phi) is 6.80. The Hall–Kier alpha value is -2.53. The first-order valence-corrected chi connectivity index (χ1v) is 10.3. The van der Waals surface area contributed by atoms with Crippen LogP contribution in [0.5, 0.6) is 11.5 Å².